The normalized spacial score (nSPS) is 24.7. The molecule has 6 nitrogen and oxygen atoms in total. The van der Waals surface area contributed by atoms with Crippen LogP contribution < -0.4 is 5.32 Å². The molecule has 0 aromatic heterocycles. The molecule has 0 aliphatic carbocycles. The van der Waals surface area contributed by atoms with Gasteiger partial charge in [-0.3, -0.25) is 4.79 Å². The number of hydrogen-bond acceptors (Lipinski definition) is 3. The Bertz CT molecular complexity index is 336. The minimum absolute atomic E-state index is 0.00994. The van der Waals surface area contributed by atoms with E-state index in [0.717, 1.165) is 38.5 Å². The van der Waals surface area contributed by atoms with Gasteiger partial charge in [-0.25, -0.2) is 4.79 Å². The van der Waals surface area contributed by atoms with E-state index in [1.165, 1.54) is 0 Å². The molecule has 2 amide bonds. The Hall–Kier alpha value is -1.30. The number of carboxylic acids is 1. The van der Waals surface area contributed by atoms with Crippen LogP contribution in [-0.4, -0.2) is 53.8 Å². The second kappa shape index (κ2) is 7.47. The van der Waals surface area contributed by atoms with Gasteiger partial charge in [-0.2, -0.15) is 0 Å². The minimum atomic E-state index is -0.736. The molecule has 2 aliphatic heterocycles. The number of carboxylic acid groups (broad SMARTS) is 1. The second-order valence-electron chi connectivity index (χ2n) is 5.65. The van der Waals surface area contributed by atoms with Crippen LogP contribution in [0.4, 0.5) is 4.79 Å². The van der Waals surface area contributed by atoms with E-state index in [1.807, 2.05) is 4.90 Å². The zero-order chi connectivity index (χ0) is 14.4. The Morgan fingerprint density at radius 3 is 2.40 bits per heavy atom. The summed E-state index contributed by atoms with van der Waals surface area (Å²) >= 11 is 0. The number of carbonyl (C=O) groups excluding carboxylic acids is 1. The van der Waals surface area contributed by atoms with Gasteiger partial charge in [0.1, 0.15) is 0 Å². The molecule has 0 aromatic rings. The Kier molecular flexibility index (Phi) is 5.64. The summed E-state index contributed by atoms with van der Waals surface area (Å²) in [6.07, 6.45) is 6.33. The largest absolute Gasteiger partial charge is 0.481 e. The molecule has 0 spiro atoms. The maximum atomic E-state index is 12.0. The van der Waals surface area contributed by atoms with Gasteiger partial charge in [0.25, 0.3) is 0 Å². The number of rotatable bonds is 7. The fourth-order valence-electron chi connectivity index (χ4n) is 2.84. The number of fused-ring (bicyclic) bond motifs is 2. The molecule has 2 heterocycles. The molecule has 0 aromatic carbocycles. The van der Waals surface area contributed by atoms with Gasteiger partial charge in [-0.15, -0.1) is 0 Å². The monoisotopic (exact) mass is 284 g/mol. The van der Waals surface area contributed by atoms with E-state index in [1.54, 1.807) is 0 Å². The number of aliphatic carboxylic acids is 1. The number of nitrogens with zero attached hydrogens (tertiary/aromatic N) is 1. The highest BCUT2D eigenvalue weighted by Gasteiger charge is 2.35. The first-order valence-electron chi connectivity index (χ1n) is 7.55. The third kappa shape index (κ3) is 4.67. The lowest BCUT2D eigenvalue weighted by atomic mass is 10.1. The number of urea groups is 1. The van der Waals surface area contributed by atoms with Crippen LogP contribution in [0.15, 0.2) is 0 Å². The summed E-state index contributed by atoms with van der Waals surface area (Å²) in [6, 6.07) is 0.00994. The fraction of sp³-hybridized carbons (Fsp3) is 0.857. The van der Waals surface area contributed by atoms with Crippen LogP contribution in [0.2, 0.25) is 0 Å². The Morgan fingerprint density at radius 2 is 1.75 bits per heavy atom. The van der Waals surface area contributed by atoms with Gasteiger partial charge in [0.05, 0.1) is 12.2 Å². The maximum Gasteiger partial charge on any atom is 0.317 e. The number of unbranched alkanes of at least 4 members (excludes halogenated alkanes) is 3. The van der Waals surface area contributed by atoms with Crippen LogP contribution in [-0.2, 0) is 9.53 Å². The quantitative estimate of drug-likeness (QED) is 0.696. The van der Waals surface area contributed by atoms with Crippen molar-refractivity contribution in [2.24, 2.45) is 0 Å². The molecule has 2 unspecified atom stereocenters. The van der Waals surface area contributed by atoms with Crippen molar-refractivity contribution < 1.29 is 19.4 Å². The second-order valence-corrected chi connectivity index (χ2v) is 5.65. The standard InChI is InChI=1S/C14H24N2O4/c17-13(18)5-3-1-2-4-8-15-14(19)16-9-11-6-7-12(10-16)20-11/h11-12H,1-10H2,(H,15,19)(H,17,18). The van der Waals surface area contributed by atoms with Gasteiger partial charge in [-0.1, -0.05) is 12.8 Å². The number of nitrogens with one attached hydrogen (secondary N) is 1. The summed E-state index contributed by atoms with van der Waals surface area (Å²) in [5.74, 6) is -0.736. The lowest BCUT2D eigenvalue weighted by molar-refractivity contribution is -0.137. The van der Waals surface area contributed by atoms with E-state index in [4.69, 9.17) is 9.84 Å². The van der Waals surface area contributed by atoms with E-state index >= 15 is 0 Å². The average Bonchev–Trinajstić information content (AvgIpc) is 2.75. The molecule has 2 bridgehead atoms. The summed E-state index contributed by atoms with van der Waals surface area (Å²) in [5, 5.41) is 11.4. The molecule has 114 valence electrons. The van der Waals surface area contributed by atoms with Crippen molar-refractivity contribution in [3.8, 4) is 0 Å². The maximum absolute atomic E-state index is 12.0. The van der Waals surface area contributed by atoms with Gasteiger partial charge in [0.2, 0.25) is 0 Å². The molecular formula is C14H24N2O4. The third-order valence-corrected chi connectivity index (χ3v) is 3.92. The van der Waals surface area contributed by atoms with Crippen LogP contribution in [0.1, 0.15) is 44.9 Å². The van der Waals surface area contributed by atoms with Gasteiger partial charge in [0.15, 0.2) is 0 Å². The first-order chi connectivity index (χ1) is 9.65. The number of morpholine rings is 1. The summed E-state index contributed by atoms with van der Waals surface area (Å²) in [7, 11) is 0. The number of hydrogen-bond donors (Lipinski definition) is 2. The van der Waals surface area contributed by atoms with Crippen molar-refractivity contribution in [2.75, 3.05) is 19.6 Å². The van der Waals surface area contributed by atoms with Crippen molar-refractivity contribution in [2.45, 2.75) is 57.2 Å². The Labute approximate surface area is 119 Å². The molecule has 2 fully saturated rings. The highest BCUT2D eigenvalue weighted by Crippen LogP contribution is 2.26. The van der Waals surface area contributed by atoms with E-state index in [2.05, 4.69) is 5.32 Å². The first-order valence-corrected chi connectivity index (χ1v) is 7.55. The van der Waals surface area contributed by atoms with E-state index in [9.17, 15) is 9.59 Å². The molecule has 2 aliphatic rings. The number of amides is 2. The first kappa shape index (κ1) is 15.1. The summed E-state index contributed by atoms with van der Waals surface area (Å²) in [5.41, 5.74) is 0. The van der Waals surface area contributed by atoms with E-state index in [-0.39, 0.29) is 24.7 Å². The molecule has 0 saturated carbocycles. The molecular weight excluding hydrogens is 260 g/mol. The molecule has 20 heavy (non-hydrogen) atoms. The zero-order valence-corrected chi connectivity index (χ0v) is 11.8. The zero-order valence-electron chi connectivity index (χ0n) is 11.8. The lowest BCUT2D eigenvalue weighted by Crippen LogP contribution is -2.50. The predicted molar refractivity (Wildman–Crippen MR) is 73.6 cm³/mol. The highest BCUT2D eigenvalue weighted by atomic mass is 16.5. The van der Waals surface area contributed by atoms with Crippen molar-refractivity contribution in [1.29, 1.82) is 0 Å². The molecule has 2 rings (SSSR count). The smallest absolute Gasteiger partial charge is 0.317 e. The molecule has 2 N–H and O–H groups in total. The van der Waals surface area contributed by atoms with E-state index in [0.29, 0.717) is 19.6 Å². The summed E-state index contributed by atoms with van der Waals surface area (Å²) in [6.45, 7) is 2.08. The number of likely N-dealkylation sites (tertiary alicyclic amines) is 1. The van der Waals surface area contributed by atoms with Crippen molar-refractivity contribution in [3.63, 3.8) is 0 Å². The van der Waals surface area contributed by atoms with E-state index < -0.39 is 5.97 Å². The Morgan fingerprint density at radius 1 is 1.10 bits per heavy atom. The van der Waals surface area contributed by atoms with Crippen LogP contribution in [0.5, 0.6) is 0 Å². The molecule has 2 atom stereocenters. The van der Waals surface area contributed by atoms with Crippen LogP contribution in [0.25, 0.3) is 0 Å². The van der Waals surface area contributed by atoms with Gasteiger partial charge >= 0.3 is 12.0 Å². The molecule has 0 radical (unpaired) electrons. The number of carbonyl (C=O) groups is 2. The van der Waals surface area contributed by atoms with Crippen molar-refractivity contribution >= 4 is 12.0 Å². The van der Waals surface area contributed by atoms with Crippen molar-refractivity contribution in [1.82, 2.24) is 10.2 Å². The van der Waals surface area contributed by atoms with Gasteiger partial charge in [-0.05, 0) is 25.7 Å². The molecule has 2 saturated heterocycles. The Balaban J connectivity index is 1.51. The topological polar surface area (TPSA) is 78.9 Å². The SMILES string of the molecule is O=C(O)CCCCCCNC(=O)N1CC2CCC(C1)O2. The average molecular weight is 284 g/mol. The third-order valence-electron chi connectivity index (χ3n) is 3.92. The minimum Gasteiger partial charge on any atom is -0.481 e. The number of ether oxygens (including phenoxy) is 1. The fourth-order valence-corrected chi connectivity index (χ4v) is 2.84. The van der Waals surface area contributed by atoms with Gasteiger partial charge in [0, 0.05) is 26.1 Å². The van der Waals surface area contributed by atoms with Gasteiger partial charge < -0.3 is 20.1 Å². The van der Waals surface area contributed by atoms with Crippen molar-refractivity contribution in [3.05, 3.63) is 0 Å². The lowest BCUT2D eigenvalue weighted by Gasteiger charge is -2.32. The predicted octanol–water partition coefficient (Wildman–Crippen LogP) is 1.59. The summed E-state index contributed by atoms with van der Waals surface area (Å²) < 4.78 is 5.70. The highest BCUT2D eigenvalue weighted by molar-refractivity contribution is 5.74. The summed E-state index contributed by atoms with van der Waals surface area (Å²) in [4.78, 5) is 24.2. The molecule has 6 heteroatoms. The van der Waals surface area contributed by atoms with Crippen LogP contribution >= 0.6 is 0 Å². The van der Waals surface area contributed by atoms with Crippen LogP contribution in [0, 0.1) is 0 Å². The van der Waals surface area contributed by atoms with Crippen LogP contribution in [0.3, 0.4) is 0 Å².